The molecular formula is C27H36FN7O. The van der Waals surface area contributed by atoms with Gasteiger partial charge < -0.3 is 15.5 Å². The summed E-state index contributed by atoms with van der Waals surface area (Å²) in [5.41, 5.74) is 3.84. The normalized spacial score (nSPS) is 18.2. The van der Waals surface area contributed by atoms with Gasteiger partial charge in [0.15, 0.2) is 5.82 Å². The number of anilines is 1. The largest absolute Gasteiger partial charge is 0.338 e. The number of urea groups is 1. The lowest BCUT2D eigenvalue weighted by Gasteiger charge is -2.38. The second kappa shape index (κ2) is 12.1. The van der Waals surface area contributed by atoms with Crippen molar-refractivity contribution in [2.45, 2.75) is 39.5 Å². The zero-order valence-electron chi connectivity index (χ0n) is 21.4. The van der Waals surface area contributed by atoms with Crippen LogP contribution in [0, 0.1) is 17.7 Å². The molecule has 2 aromatic carbocycles. The number of nitrogens with zero attached hydrogens (tertiary/aromatic N) is 5. The van der Waals surface area contributed by atoms with E-state index in [1.165, 1.54) is 12.1 Å². The lowest BCUT2D eigenvalue weighted by atomic mass is 9.83. The molecule has 1 aliphatic heterocycles. The highest BCUT2D eigenvalue weighted by molar-refractivity contribution is 5.90. The van der Waals surface area contributed by atoms with Gasteiger partial charge in [0.2, 0.25) is 0 Å². The van der Waals surface area contributed by atoms with E-state index in [-0.39, 0.29) is 11.8 Å². The first-order chi connectivity index (χ1) is 17.4. The molecule has 192 valence electrons. The summed E-state index contributed by atoms with van der Waals surface area (Å²) in [4.78, 5) is 15.3. The summed E-state index contributed by atoms with van der Waals surface area (Å²) < 4.78 is 14.8. The Morgan fingerprint density at radius 2 is 1.92 bits per heavy atom. The number of piperidine rings is 1. The van der Waals surface area contributed by atoms with Crippen LogP contribution in [0.15, 0.2) is 42.5 Å². The molecule has 2 atom stereocenters. The smallest absolute Gasteiger partial charge is 0.319 e. The standard InChI is InChI=1S/C27H36FN7O/c1-4-19-14-22(26-31-32-33-34(26)3)16-25(15-19)30-27(36)29-17-23-18-35(13-11-21(23)5-2)12-10-20-6-8-24(28)9-7-20/h6-9,14-16,21,23H,4-5,10-13,17-18H2,1-3H3,(H2,29,30,36). The van der Waals surface area contributed by atoms with Crippen molar-refractivity contribution >= 4 is 11.7 Å². The van der Waals surface area contributed by atoms with Gasteiger partial charge in [-0.25, -0.2) is 13.9 Å². The minimum Gasteiger partial charge on any atom is -0.338 e. The number of carbonyl (C=O) groups is 1. The van der Waals surface area contributed by atoms with Gasteiger partial charge in [-0.1, -0.05) is 32.4 Å². The topological polar surface area (TPSA) is 88.0 Å². The fourth-order valence-electron chi connectivity index (χ4n) is 5.04. The predicted molar refractivity (Wildman–Crippen MR) is 139 cm³/mol. The third-order valence-corrected chi connectivity index (χ3v) is 7.19. The highest BCUT2D eigenvalue weighted by Gasteiger charge is 2.28. The number of aryl methyl sites for hydroxylation is 2. The van der Waals surface area contributed by atoms with Gasteiger partial charge in [-0.15, -0.1) is 5.10 Å². The summed E-state index contributed by atoms with van der Waals surface area (Å²) in [6, 6.07) is 12.5. The Morgan fingerprint density at radius 1 is 1.11 bits per heavy atom. The summed E-state index contributed by atoms with van der Waals surface area (Å²) in [7, 11) is 1.80. The van der Waals surface area contributed by atoms with E-state index in [1.54, 1.807) is 11.7 Å². The van der Waals surface area contributed by atoms with E-state index in [9.17, 15) is 9.18 Å². The lowest BCUT2D eigenvalue weighted by Crippen LogP contribution is -2.46. The summed E-state index contributed by atoms with van der Waals surface area (Å²) >= 11 is 0. The van der Waals surface area contributed by atoms with Crippen molar-refractivity contribution in [3.63, 3.8) is 0 Å². The number of rotatable bonds is 9. The van der Waals surface area contributed by atoms with E-state index in [0.29, 0.717) is 24.2 Å². The number of amides is 2. The number of tetrazole rings is 1. The molecule has 2 heterocycles. The Balaban J connectivity index is 1.33. The van der Waals surface area contributed by atoms with Crippen LogP contribution in [0.4, 0.5) is 14.9 Å². The Bertz CT molecular complexity index is 1150. The lowest BCUT2D eigenvalue weighted by molar-refractivity contribution is 0.117. The first-order valence-corrected chi connectivity index (χ1v) is 12.8. The maximum absolute atomic E-state index is 13.2. The third kappa shape index (κ3) is 6.66. The van der Waals surface area contributed by atoms with Crippen molar-refractivity contribution in [3.8, 4) is 11.4 Å². The number of hydrogen-bond donors (Lipinski definition) is 2. The molecule has 0 bridgehead atoms. The summed E-state index contributed by atoms with van der Waals surface area (Å²) in [6.07, 6.45) is 3.97. The molecule has 0 spiro atoms. The highest BCUT2D eigenvalue weighted by Crippen LogP contribution is 2.27. The zero-order valence-corrected chi connectivity index (χ0v) is 21.4. The molecular weight excluding hydrogens is 457 g/mol. The molecule has 9 heteroatoms. The fraction of sp³-hybridized carbons (Fsp3) is 0.481. The van der Waals surface area contributed by atoms with E-state index in [0.717, 1.165) is 67.7 Å². The van der Waals surface area contributed by atoms with Crippen LogP contribution in [-0.4, -0.2) is 57.3 Å². The van der Waals surface area contributed by atoms with E-state index in [2.05, 4.69) is 44.9 Å². The van der Waals surface area contributed by atoms with Crippen molar-refractivity contribution in [3.05, 3.63) is 59.4 Å². The predicted octanol–water partition coefficient (Wildman–Crippen LogP) is 4.29. The van der Waals surface area contributed by atoms with Crippen LogP contribution >= 0.6 is 0 Å². The molecule has 0 radical (unpaired) electrons. The first kappa shape index (κ1) is 25.8. The molecule has 2 amide bonds. The van der Waals surface area contributed by atoms with Crippen LogP contribution < -0.4 is 10.6 Å². The van der Waals surface area contributed by atoms with Crippen molar-refractivity contribution in [2.75, 3.05) is 31.5 Å². The van der Waals surface area contributed by atoms with Gasteiger partial charge in [0.05, 0.1) is 0 Å². The molecule has 36 heavy (non-hydrogen) atoms. The Labute approximate surface area is 212 Å². The average Bonchev–Trinajstić information content (AvgIpc) is 3.32. The van der Waals surface area contributed by atoms with E-state index in [1.807, 2.05) is 30.3 Å². The number of halogens is 1. The quantitative estimate of drug-likeness (QED) is 0.464. The van der Waals surface area contributed by atoms with E-state index in [4.69, 9.17) is 0 Å². The SMILES string of the molecule is CCc1cc(NC(=O)NCC2CN(CCc3ccc(F)cc3)CCC2CC)cc(-c2nnnn2C)c1. The highest BCUT2D eigenvalue weighted by atomic mass is 19.1. The second-order valence-electron chi connectivity index (χ2n) is 9.63. The minimum atomic E-state index is -0.205. The van der Waals surface area contributed by atoms with Gasteiger partial charge in [-0.2, -0.15) is 0 Å². The summed E-state index contributed by atoms with van der Waals surface area (Å²) in [5, 5.41) is 17.8. The molecule has 1 saturated heterocycles. The maximum atomic E-state index is 13.2. The number of likely N-dealkylation sites (tertiary alicyclic amines) is 1. The Morgan fingerprint density at radius 3 is 2.61 bits per heavy atom. The zero-order chi connectivity index (χ0) is 25.5. The van der Waals surface area contributed by atoms with Crippen LogP contribution in [0.5, 0.6) is 0 Å². The average molecular weight is 494 g/mol. The number of aromatic nitrogens is 4. The van der Waals surface area contributed by atoms with Crippen molar-refractivity contribution in [1.29, 1.82) is 0 Å². The molecule has 8 nitrogen and oxygen atoms in total. The molecule has 2 N–H and O–H groups in total. The molecule has 4 rings (SSSR count). The van der Waals surface area contributed by atoms with Gasteiger partial charge in [0.25, 0.3) is 0 Å². The van der Waals surface area contributed by atoms with Gasteiger partial charge in [0.1, 0.15) is 5.82 Å². The third-order valence-electron chi connectivity index (χ3n) is 7.19. The summed E-state index contributed by atoms with van der Waals surface area (Å²) in [6.45, 7) is 7.89. The molecule has 1 aromatic heterocycles. The first-order valence-electron chi connectivity index (χ1n) is 12.8. The molecule has 3 aromatic rings. The number of carbonyl (C=O) groups excluding carboxylic acids is 1. The van der Waals surface area contributed by atoms with Gasteiger partial charge in [-0.05, 0) is 89.5 Å². The maximum Gasteiger partial charge on any atom is 0.319 e. The van der Waals surface area contributed by atoms with Gasteiger partial charge in [0, 0.05) is 37.9 Å². The number of hydrogen-bond acceptors (Lipinski definition) is 5. The van der Waals surface area contributed by atoms with Gasteiger partial charge >= 0.3 is 6.03 Å². The number of benzene rings is 2. The monoisotopic (exact) mass is 493 g/mol. The molecule has 1 aliphatic rings. The molecule has 2 unspecified atom stereocenters. The van der Waals surface area contributed by atoms with Crippen LogP contribution in [0.1, 0.15) is 37.8 Å². The second-order valence-corrected chi connectivity index (χ2v) is 9.63. The summed E-state index contributed by atoms with van der Waals surface area (Å²) in [5.74, 6) is 1.44. The van der Waals surface area contributed by atoms with Crippen molar-refractivity contribution in [1.82, 2.24) is 30.4 Å². The van der Waals surface area contributed by atoms with Crippen LogP contribution in [-0.2, 0) is 19.9 Å². The molecule has 0 saturated carbocycles. The number of nitrogens with one attached hydrogen (secondary N) is 2. The fourth-order valence-corrected chi connectivity index (χ4v) is 5.04. The Hall–Kier alpha value is -3.33. The van der Waals surface area contributed by atoms with Crippen molar-refractivity contribution in [2.24, 2.45) is 18.9 Å². The molecule has 1 fully saturated rings. The van der Waals surface area contributed by atoms with Gasteiger partial charge in [-0.3, -0.25) is 0 Å². The molecule has 0 aliphatic carbocycles. The Kier molecular flexibility index (Phi) is 8.64. The van der Waals surface area contributed by atoms with Crippen LogP contribution in [0.25, 0.3) is 11.4 Å². The van der Waals surface area contributed by atoms with Crippen molar-refractivity contribution < 1.29 is 9.18 Å². The van der Waals surface area contributed by atoms with E-state index >= 15 is 0 Å². The van der Waals surface area contributed by atoms with E-state index < -0.39 is 0 Å². The van der Waals surface area contributed by atoms with Crippen LogP contribution in [0.3, 0.4) is 0 Å². The van der Waals surface area contributed by atoms with Crippen LogP contribution in [0.2, 0.25) is 0 Å². The minimum absolute atomic E-state index is 0.199.